The van der Waals surface area contributed by atoms with E-state index in [1.165, 1.54) is 4.90 Å². The molecule has 0 aromatic carbocycles. The van der Waals surface area contributed by atoms with Crippen molar-refractivity contribution in [2.24, 2.45) is 5.73 Å². The molecule has 0 atom stereocenters. The third-order valence-electron chi connectivity index (χ3n) is 1.45. The first-order valence-corrected chi connectivity index (χ1v) is 3.86. The summed E-state index contributed by atoms with van der Waals surface area (Å²) in [5.41, 5.74) is 5.15. The van der Waals surface area contributed by atoms with Gasteiger partial charge in [-0.05, 0) is 6.92 Å². The van der Waals surface area contributed by atoms with Gasteiger partial charge in [-0.15, -0.1) is 0 Å². The second kappa shape index (κ2) is 5.54. The number of likely N-dealkylation sites (N-methyl/N-ethyl adjacent to an activating group) is 1. The van der Waals surface area contributed by atoms with Crippen molar-refractivity contribution in [2.75, 3.05) is 26.7 Å². The zero-order valence-electron chi connectivity index (χ0n) is 7.46. The summed E-state index contributed by atoms with van der Waals surface area (Å²) in [5, 5.41) is 2.39. The van der Waals surface area contributed by atoms with Gasteiger partial charge in [0.15, 0.2) is 0 Å². The fourth-order valence-corrected chi connectivity index (χ4v) is 0.578. The molecule has 0 spiro atoms. The Balaban J connectivity index is 3.85. The van der Waals surface area contributed by atoms with Gasteiger partial charge >= 0.3 is 11.8 Å². The molecule has 0 heterocycles. The van der Waals surface area contributed by atoms with Gasteiger partial charge in [-0.3, -0.25) is 9.59 Å². The van der Waals surface area contributed by atoms with Crippen molar-refractivity contribution in [3.63, 3.8) is 0 Å². The SMILES string of the molecule is CCN(C)C(=O)C(=O)NCCN. The second-order valence-corrected chi connectivity index (χ2v) is 2.36. The van der Waals surface area contributed by atoms with E-state index in [4.69, 9.17) is 5.73 Å². The van der Waals surface area contributed by atoms with Crippen LogP contribution in [0.1, 0.15) is 6.92 Å². The minimum atomic E-state index is -0.593. The van der Waals surface area contributed by atoms with Gasteiger partial charge in [0.05, 0.1) is 0 Å². The van der Waals surface area contributed by atoms with Crippen molar-refractivity contribution in [3.05, 3.63) is 0 Å². The summed E-state index contributed by atoms with van der Waals surface area (Å²) in [7, 11) is 1.57. The number of hydrogen-bond donors (Lipinski definition) is 2. The highest BCUT2D eigenvalue weighted by molar-refractivity contribution is 6.34. The summed E-state index contributed by atoms with van der Waals surface area (Å²) in [6.07, 6.45) is 0. The summed E-state index contributed by atoms with van der Waals surface area (Å²) in [6, 6.07) is 0. The van der Waals surface area contributed by atoms with Crippen molar-refractivity contribution < 1.29 is 9.59 Å². The first-order chi connectivity index (χ1) is 5.63. The summed E-state index contributed by atoms with van der Waals surface area (Å²) in [6.45, 7) is 3.00. The molecule has 5 heteroatoms. The van der Waals surface area contributed by atoms with E-state index in [2.05, 4.69) is 5.32 Å². The summed E-state index contributed by atoms with van der Waals surface area (Å²) in [5.74, 6) is -1.12. The number of rotatable bonds is 3. The third-order valence-corrected chi connectivity index (χ3v) is 1.45. The molecule has 0 fully saturated rings. The Morgan fingerprint density at radius 1 is 1.50 bits per heavy atom. The van der Waals surface area contributed by atoms with Gasteiger partial charge in [0, 0.05) is 26.7 Å². The van der Waals surface area contributed by atoms with Gasteiger partial charge in [0.2, 0.25) is 0 Å². The van der Waals surface area contributed by atoms with Crippen molar-refractivity contribution in [3.8, 4) is 0 Å². The maximum atomic E-state index is 11.1. The number of nitrogens with two attached hydrogens (primary N) is 1. The van der Waals surface area contributed by atoms with Gasteiger partial charge < -0.3 is 16.0 Å². The first-order valence-electron chi connectivity index (χ1n) is 3.86. The van der Waals surface area contributed by atoms with Crippen LogP contribution in [0.2, 0.25) is 0 Å². The lowest BCUT2D eigenvalue weighted by Gasteiger charge is -2.13. The Bertz CT molecular complexity index is 170. The van der Waals surface area contributed by atoms with Crippen LogP contribution in [-0.4, -0.2) is 43.4 Å². The molecule has 0 aliphatic carbocycles. The summed E-state index contributed by atoms with van der Waals surface area (Å²) in [4.78, 5) is 23.3. The molecule has 2 amide bonds. The van der Waals surface area contributed by atoms with Crippen molar-refractivity contribution in [1.82, 2.24) is 10.2 Å². The van der Waals surface area contributed by atoms with E-state index in [1.807, 2.05) is 0 Å². The Kier molecular flexibility index (Phi) is 5.03. The highest BCUT2D eigenvalue weighted by Gasteiger charge is 2.15. The number of carbonyl (C=O) groups is 2. The van der Waals surface area contributed by atoms with Crippen LogP contribution < -0.4 is 11.1 Å². The number of amides is 2. The molecule has 0 saturated heterocycles. The Morgan fingerprint density at radius 3 is 2.50 bits per heavy atom. The molecule has 0 aliphatic rings. The minimum absolute atomic E-state index is 0.335. The normalized spacial score (nSPS) is 9.25. The maximum Gasteiger partial charge on any atom is 0.311 e. The van der Waals surface area contributed by atoms with Crippen LogP contribution >= 0.6 is 0 Å². The lowest BCUT2D eigenvalue weighted by molar-refractivity contribution is -0.144. The molecule has 5 nitrogen and oxygen atoms in total. The van der Waals surface area contributed by atoms with Crippen molar-refractivity contribution in [2.45, 2.75) is 6.92 Å². The maximum absolute atomic E-state index is 11.1. The highest BCUT2D eigenvalue weighted by atomic mass is 16.2. The molecule has 0 aromatic rings. The highest BCUT2D eigenvalue weighted by Crippen LogP contribution is 1.82. The fourth-order valence-electron chi connectivity index (χ4n) is 0.578. The standard InChI is InChI=1S/C7H15N3O2/c1-3-10(2)7(12)6(11)9-5-4-8/h3-5,8H2,1-2H3,(H,9,11). The predicted octanol–water partition coefficient (Wildman–Crippen LogP) is -1.46. The molecule has 0 aliphatic heterocycles. The molecule has 0 bridgehead atoms. The average molecular weight is 173 g/mol. The molecule has 0 unspecified atom stereocenters. The number of hydrogen-bond acceptors (Lipinski definition) is 3. The van der Waals surface area contributed by atoms with E-state index in [0.29, 0.717) is 19.6 Å². The van der Waals surface area contributed by atoms with E-state index < -0.39 is 11.8 Å². The van der Waals surface area contributed by atoms with Crippen LogP contribution in [-0.2, 0) is 9.59 Å². The molecule has 3 N–H and O–H groups in total. The smallest absolute Gasteiger partial charge is 0.311 e. The topological polar surface area (TPSA) is 75.4 Å². The zero-order chi connectivity index (χ0) is 9.56. The van der Waals surface area contributed by atoms with Crippen LogP contribution in [0.25, 0.3) is 0 Å². The van der Waals surface area contributed by atoms with E-state index in [0.717, 1.165) is 0 Å². The average Bonchev–Trinajstić information content (AvgIpc) is 2.11. The number of nitrogens with one attached hydrogen (secondary N) is 1. The lowest BCUT2D eigenvalue weighted by atomic mass is 10.4. The summed E-state index contributed by atoms with van der Waals surface area (Å²) < 4.78 is 0. The molecule has 12 heavy (non-hydrogen) atoms. The quantitative estimate of drug-likeness (QED) is 0.512. The number of carbonyl (C=O) groups excluding carboxylic acids is 2. The van der Waals surface area contributed by atoms with Gasteiger partial charge in [0.1, 0.15) is 0 Å². The van der Waals surface area contributed by atoms with Crippen molar-refractivity contribution >= 4 is 11.8 Å². The van der Waals surface area contributed by atoms with Crippen LogP contribution in [0.3, 0.4) is 0 Å². The van der Waals surface area contributed by atoms with E-state index in [1.54, 1.807) is 14.0 Å². The Morgan fingerprint density at radius 2 is 2.08 bits per heavy atom. The molecule has 0 saturated carbocycles. The monoisotopic (exact) mass is 173 g/mol. The molecule has 0 radical (unpaired) electrons. The minimum Gasteiger partial charge on any atom is -0.347 e. The van der Waals surface area contributed by atoms with Crippen LogP contribution in [0.5, 0.6) is 0 Å². The van der Waals surface area contributed by atoms with E-state index in [-0.39, 0.29) is 0 Å². The van der Waals surface area contributed by atoms with E-state index in [9.17, 15) is 9.59 Å². The van der Waals surface area contributed by atoms with Crippen LogP contribution in [0, 0.1) is 0 Å². The van der Waals surface area contributed by atoms with Crippen LogP contribution in [0.4, 0.5) is 0 Å². The summed E-state index contributed by atoms with van der Waals surface area (Å²) >= 11 is 0. The Labute approximate surface area is 71.9 Å². The molecular weight excluding hydrogens is 158 g/mol. The van der Waals surface area contributed by atoms with Crippen LogP contribution in [0.15, 0.2) is 0 Å². The molecule has 0 rings (SSSR count). The fraction of sp³-hybridized carbons (Fsp3) is 0.714. The van der Waals surface area contributed by atoms with Gasteiger partial charge in [0.25, 0.3) is 0 Å². The number of nitrogens with zero attached hydrogens (tertiary/aromatic N) is 1. The molecular formula is C7H15N3O2. The van der Waals surface area contributed by atoms with E-state index >= 15 is 0 Å². The largest absolute Gasteiger partial charge is 0.347 e. The Hall–Kier alpha value is -1.10. The van der Waals surface area contributed by atoms with Crippen molar-refractivity contribution in [1.29, 1.82) is 0 Å². The molecule has 70 valence electrons. The van der Waals surface area contributed by atoms with Gasteiger partial charge in [-0.25, -0.2) is 0 Å². The second-order valence-electron chi connectivity index (χ2n) is 2.36. The third kappa shape index (κ3) is 3.34. The predicted molar refractivity (Wildman–Crippen MR) is 45.4 cm³/mol. The molecule has 0 aromatic heterocycles. The zero-order valence-corrected chi connectivity index (χ0v) is 7.46. The van der Waals surface area contributed by atoms with Gasteiger partial charge in [-0.1, -0.05) is 0 Å². The first kappa shape index (κ1) is 10.9. The lowest BCUT2D eigenvalue weighted by Crippen LogP contribution is -2.42. The van der Waals surface area contributed by atoms with Gasteiger partial charge in [-0.2, -0.15) is 0 Å².